The second-order valence-corrected chi connectivity index (χ2v) is 5.83. The van der Waals surface area contributed by atoms with Crippen LogP contribution in [0.1, 0.15) is 12.0 Å². The number of benzene rings is 2. The number of aryl methyl sites for hydroxylation is 1. The summed E-state index contributed by atoms with van der Waals surface area (Å²) in [6.07, 6.45) is 4.23. The van der Waals surface area contributed by atoms with Crippen molar-refractivity contribution < 1.29 is 0 Å². The first kappa shape index (κ1) is 14.8. The van der Waals surface area contributed by atoms with E-state index in [0.29, 0.717) is 5.92 Å². The molecule has 1 N–H and O–H groups in total. The van der Waals surface area contributed by atoms with Gasteiger partial charge in [-0.25, -0.2) is 4.98 Å². The Morgan fingerprint density at radius 2 is 1.82 bits per heavy atom. The van der Waals surface area contributed by atoms with Gasteiger partial charge in [0.2, 0.25) is 0 Å². The van der Waals surface area contributed by atoms with Gasteiger partial charge in [-0.2, -0.15) is 0 Å². The van der Waals surface area contributed by atoms with Gasteiger partial charge in [0.1, 0.15) is 0 Å². The number of nitrogens with one attached hydrogen (secondary N) is 1. The predicted molar refractivity (Wildman–Crippen MR) is 91.9 cm³/mol. The van der Waals surface area contributed by atoms with Crippen LogP contribution in [0.2, 0.25) is 0 Å². The van der Waals surface area contributed by atoms with E-state index in [1.54, 1.807) is 0 Å². The quantitative estimate of drug-likeness (QED) is 0.722. The van der Waals surface area contributed by atoms with Crippen LogP contribution in [-0.2, 0) is 13.0 Å². The molecule has 0 aliphatic heterocycles. The molecule has 1 unspecified atom stereocenters. The molecule has 0 aliphatic rings. The summed E-state index contributed by atoms with van der Waals surface area (Å²) in [7, 11) is 2.03. The van der Waals surface area contributed by atoms with Crippen molar-refractivity contribution in [2.75, 3.05) is 13.6 Å². The summed E-state index contributed by atoms with van der Waals surface area (Å²) in [4.78, 5) is 4.47. The molecule has 3 nitrogen and oxygen atoms in total. The third-order valence-corrected chi connectivity index (χ3v) is 4.17. The lowest BCUT2D eigenvalue weighted by molar-refractivity contribution is 0.431. The van der Waals surface area contributed by atoms with Crippen molar-refractivity contribution >= 4 is 11.0 Å². The zero-order valence-corrected chi connectivity index (χ0v) is 13.1. The van der Waals surface area contributed by atoms with E-state index in [4.69, 9.17) is 0 Å². The summed E-state index contributed by atoms with van der Waals surface area (Å²) >= 11 is 0. The van der Waals surface area contributed by atoms with Crippen LogP contribution in [0, 0.1) is 5.92 Å². The molecule has 0 fully saturated rings. The standard InChI is InChI=1S/C19H23N3/c1-20-14-17(13-16-7-3-2-4-8-16)11-12-22-15-21-18-9-5-6-10-19(18)22/h2-10,15,17,20H,11-14H2,1H3. The van der Waals surface area contributed by atoms with Crippen molar-refractivity contribution in [2.24, 2.45) is 5.92 Å². The molecule has 1 aromatic heterocycles. The van der Waals surface area contributed by atoms with Crippen LogP contribution in [0.3, 0.4) is 0 Å². The van der Waals surface area contributed by atoms with Gasteiger partial charge in [0, 0.05) is 6.54 Å². The lowest BCUT2D eigenvalue weighted by Gasteiger charge is -2.17. The first-order chi connectivity index (χ1) is 10.9. The largest absolute Gasteiger partial charge is 0.331 e. The second-order valence-electron chi connectivity index (χ2n) is 5.83. The minimum atomic E-state index is 0.633. The van der Waals surface area contributed by atoms with Gasteiger partial charge < -0.3 is 9.88 Å². The van der Waals surface area contributed by atoms with Crippen molar-refractivity contribution in [2.45, 2.75) is 19.4 Å². The minimum Gasteiger partial charge on any atom is -0.331 e. The first-order valence-corrected chi connectivity index (χ1v) is 7.95. The van der Waals surface area contributed by atoms with Gasteiger partial charge >= 0.3 is 0 Å². The average Bonchev–Trinajstić information content (AvgIpc) is 2.97. The zero-order chi connectivity index (χ0) is 15.2. The number of hydrogen-bond donors (Lipinski definition) is 1. The summed E-state index contributed by atoms with van der Waals surface area (Å²) in [6.45, 7) is 2.06. The van der Waals surface area contributed by atoms with Crippen molar-refractivity contribution in [3.05, 3.63) is 66.5 Å². The molecule has 0 amide bonds. The van der Waals surface area contributed by atoms with E-state index in [0.717, 1.165) is 31.4 Å². The molecule has 2 aromatic carbocycles. The van der Waals surface area contributed by atoms with Crippen molar-refractivity contribution in [1.82, 2.24) is 14.9 Å². The molecule has 3 rings (SSSR count). The van der Waals surface area contributed by atoms with Gasteiger partial charge in [-0.1, -0.05) is 42.5 Å². The van der Waals surface area contributed by atoms with E-state index in [1.165, 1.54) is 11.1 Å². The van der Waals surface area contributed by atoms with Crippen LogP contribution in [0.15, 0.2) is 60.9 Å². The maximum absolute atomic E-state index is 4.47. The van der Waals surface area contributed by atoms with Crippen LogP contribution in [0.25, 0.3) is 11.0 Å². The molecule has 0 saturated heterocycles. The summed E-state index contributed by atoms with van der Waals surface area (Å²) in [6, 6.07) is 19.1. The number of imidazole rings is 1. The maximum atomic E-state index is 4.47. The molecule has 1 heterocycles. The number of fused-ring (bicyclic) bond motifs is 1. The van der Waals surface area contributed by atoms with Gasteiger partial charge in [-0.05, 0) is 50.0 Å². The fourth-order valence-corrected chi connectivity index (χ4v) is 3.02. The molecular formula is C19H23N3. The first-order valence-electron chi connectivity index (χ1n) is 7.95. The Bertz CT molecular complexity index is 703. The van der Waals surface area contributed by atoms with Crippen LogP contribution < -0.4 is 5.32 Å². The lowest BCUT2D eigenvalue weighted by Crippen LogP contribution is -2.22. The fraction of sp³-hybridized carbons (Fsp3) is 0.316. The highest BCUT2D eigenvalue weighted by molar-refractivity contribution is 5.74. The van der Waals surface area contributed by atoms with Crippen molar-refractivity contribution in [3.63, 3.8) is 0 Å². The Balaban J connectivity index is 1.66. The molecule has 0 bridgehead atoms. The summed E-state index contributed by atoms with van der Waals surface area (Å²) in [5, 5.41) is 3.33. The molecule has 0 aliphatic carbocycles. The third-order valence-electron chi connectivity index (χ3n) is 4.17. The molecule has 0 spiro atoms. The van der Waals surface area contributed by atoms with Crippen LogP contribution in [0.4, 0.5) is 0 Å². The van der Waals surface area contributed by atoms with E-state index >= 15 is 0 Å². The van der Waals surface area contributed by atoms with Gasteiger partial charge in [-0.3, -0.25) is 0 Å². The van der Waals surface area contributed by atoms with Gasteiger partial charge in [-0.15, -0.1) is 0 Å². The smallest absolute Gasteiger partial charge is 0.0958 e. The number of aromatic nitrogens is 2. The van der Waals surface area contributed by atoms with E-state index in [2.05, 4.69) is 63.4 Å². The number of rotatable bonds is 7. The molecule has 3 heteroatoms. The fourth-order valence-electron chi connectivity index (χ4n) is 3.02. The number of para-hydroxylation sites is 2. The minimum absolute atomic E-state index is 0.633. The summed E-state index contributed by atoms with van der Waals surface area (Å²) in [5.74, 6) is 0.633. The number of nitrogens with zero attached hydrogens (tertiary/aromatic N) is 2. The third kappa shape index (κ3) is 3.55. The van der Waals surface area contributed by atoms with Gasteiger partial charge in [0.25, 0.3) is 0 Å². The zero-order valence-electron chi connectivity index (χ0n) is 13.1. The topological polar surface area (TPSA) is 29.9 Å². The van der Waals surface area contributed by atoms with E-state index in [1.807, 2.05) is 19.4 Å². The Morgan fingerprint density at radius 1 is 1.05 bits per heavy atom. The highest BCUT2D eigenvalue weighted by atomic mass is 15.0. The lowest BCUT2D eigenvalue weighted by atomic mass is 9.96. The molecule has 0 saturated carbocycles. The summed E-state index contributed by atoms with van der Waals surface area (Å²) < 4.78 is 2.27. The maximum Gasteiger partial charge on any atom is 0.0958 e. The normalized spacial score (nSPS) is 12.6. The second kappa shape index (κ2) is 7.23. The van der Waals surface area contributed by atoms with Gasteiger partial charge in [0.15, 0.2) is 0 Å². The van der Waals surface area contributed by atoms with Crippen LogP contribution >= 0.6 is 0 Å². The van der Waals surface area contributed by atoms with Crippen LogP contribution in [0.5, 0.6) is 0 Å². The Hall–Kier alpha value is -2.13. The number of hydrogen-bond acceptors (Lipinski definition) is 2. The molecule has 1 atom stereocenters. The highest BCUT2D eigenvalue weighted by Crippen LogP contribution is 2.16. The van der Waals surface area contributed by atoms with E-state index in [9.17, 15) is 0 Å². The predicted octanol–water partition coefficient (Wildman–Crippen LogP) is 3.50. The van der Waals surface area contributed by atoms with E-state index < -0.39 is 0 Å². The monoisotopic (exact) mass is 293 g/mol. The SMILES string of the molecule is CNCC(CCn1cnc2ccccc21)Cc1ccccc1. The molecular weight excluding hydrogens is 270 g/mol. The van der Waals surface area contributed by atoms with E-state index in [-0.39, 0.29) is 0 Å². The van der Waals surface area contributed by atoms with Crippen molar-refractivity contribution in [3.8, 4) is 0 Å². The molecule has 3 aromatic rings. The van der Waals surface area contributed by atoms with Crippen LogP contribution in [-0.4, -0.2) is 23.1 Å². The highest BCUT2D eigenvalue weighted by Gasteiger charge is 2.10. The summed E-state index contributed by atoms with van der Waals surface area (Å²) in [5.41, 5.74) is 3.72. The molecule has 0 radical (unpaired) electrons. The molecule has 22 heavy (non-hydrogen) atoms. The Kier molecular flexibility index (Phi) is 4.86. The van der Waals surface area contributed by atoms with Crippen molar-refractivity contribution in [1.29, 1.82) is 0 Å². The average molecular weight is 293 g/mol. The van der Waals surface area contributed by atoms with Gasteiger partial charge in [0.05, 0.1) is 17.4 Å². The Labute approximate surface area is 132 Å². The molecule has 114 valence electrons. The Morgan fingerprint density at radius 3 is 2.64 bits per heavy atom.